The number of ether oxygens (including phenoxy) is 3. The summed E-state index contributed by atoms with van der Waals surface area (Å²) in [4.78, 5) is 25.1. The average molecular weight is 981 g/mol. The van der Waals surface area contributed by atoms with Crippen molar-refractivity contribution in [1.82, 2.24) is 5.32 Å². The largest absolute Gasteiger partial charge is 0.466 e. The Morgan fingerprint density at radius 1 is 0.522 bits per heavy atom. The van der Waals surface area contributed by atoms with Crippen LogP contribution in [0.1, 0.15) is 271 Å². The summed E-state index contributed by atoms with van der Waals surface area (Å²) in [6.07, 6.45) is 47.1. The van der Waals surface area contributed by atoms with Crippen LogP contribution in [0.25, 0.3) is 0 Å². The molecule has 1 amide bonds. The van der Waals surface area contributed by atoms with Gasteiger partial charge in [0.1, 0.15) is 24.4 Å². The van der Waals surface area contributed by atoms with Crippen molar-refractivity contribution in [3.8, 4) is 0 Å². The fourth-order valence-corrected chi connectivity index (χ4v) is 9.13. The molecule has 0 aromatic heterocycles. The molecule has 11 heteroatoms. The number of allylic oxidation sites excluding steroid dienone is 3. The Bertz CT molecular complexity index is 1200. The van der Waals surface area contributed by atoms with Crippen LogP contribution in [0, 0.1) is 0 Å². The van der Waals surface area contributed by atoms with E-state index < -0.39 is 49.5 Å². The molecule has 1 fully saturated rings. The molecule has 0 aliphatic carbocycles. The monoisotopic (exact) mass is 980 g/mol. The van der Waals surface area contributed by atoms with Crippen molar-refractivity contribution < 1.29 is 49.3 Å². The van der Waals surface area contributed by atoms with Crippen molar-refractivity contribution in [2.24, 2.45) is 0 Å². The van der Waals surface area contributed by atoms with E-state index in [1.807, 2.05) is 6.08 Å². The first-order valence-corrected chi connectivity index (χ1v) is 29.1. The lowest BCUT2D eigenvalue weighted by Gasteiger charge is -2.40. The van der Waals surface area contributed by atoms with Crippen LogP contribution in [0.3, 0.4) is 0 Å². The van der Waals surface area contributed by atoms with Crippen molar-refractivity contribution in [3.63, 3.8) is 0 Å². The molecule has 0 bridgehead atoms. The predicted octanol–water partition coefficient (Wildman–Crippen LogP) is 12.9. The van der Waals surface area contributed by atoms with E-state index in [-0.39, 0.29) is 18.5 Å². The van der Waals surface area contributed by atoms with Crippen LogP contribution in [-0.2, 0) is 23.8 Å². The maximum absolute atomic E-state index is 13.0. The first-order valence-electron chi connectivity index (χ1n) is 29.1. The Morgan fingerprint density at radius 3 is 1.41 bits per heavy atom. The fourth-order valence-electron chi connectivity index (χ4n) is 9.13. The summed E-state index contributed by atoms with van der Waals surface area (Å²) in [5.41, 5.74) is 0. The standard InChI is InChI=1S/C58H109NO10/c1-3-5-7-9-11-13-14-15-16-17-18-19-20-23-26-30-34-38-42-46-54(63)67-47-43-39-35-31-27-24-21-22-25-29-33-37-41-45-53(62)59-50(51(61)44-40-36-32-28-12-10-8-6-4-2)49-68-58-57(66)56(65)55(64)52(48-60)69-58/h22,25,40,44,50-52,55-58,60-61,64-66H,3-21,23-24,26-39,41-43,45-49H2,1-2H3,(H,59,62)/b25-22-,44-40+. The molecule has 0 spiro atoms. The predicted molar refractivity (Wildman–Crippen MR) is 283 cm³/mol. The van der Waals surface area contributed by atoms with Gasteiger partial charge in [0.2, 0.25) is 5.91 Å². The number of aliphatic hydroxyl groups excluding tert-OH is 5. The Balaban J connectivity index is 2.06. The van der Waals surface area contributed by atoms with Crippen LogP contribution >= 0.6 is 0 Å². The summed E-state index contributed by atoms with van der Waals surface area (Å²) >= 11 is 0. The third-order valence-corrected chi connectivity index (χ3v) is 13.8. The first-order chi connectivity index (χ1) is 33.7. The van der Waals surface area contributed by atoms with Crippen LogP contribution in [0.2, 0.25) is 0 Å². The van der Waals surface area contributed by atoms with Crippen molar-refractivity contribution in [3.05, 3.63) is 24.3 Å². The highest BCUT2D eigenvalue weighted by Gasteiger charge is 2.44. The number of amides is 1. The van der Waals surface area contributed by atoms with Gasteiger partial charge in [-0.1, -0.05) is 224 Å². The third-order valence-electron chi connectivity index (χ3n) is 13.8. The molecule has 7 unspecified atom stereocenters. The highest BCUT2D eigenvalue weighted by Crippen LogP contribution is 2.23. The van der Waals surface area contributed by atoms with E-state index in [1.165, 1.54) is 167 Å². The third kappa shape index (κ3) is 38.4. The molecule has 0 aromatic carbocycles. The molecular formula is C58H109NO10. The summed E-state index contributed by atoms with van der Waals surface area (Å²) in [5.74, 6) is -0.244. The number of rotatable bonds is 50. The van der Waals surface area contributed by atoms with Crippen molar-refractivity contribution >= 4 is 11.9 Å². The molecule has 11 nitrogen and oxygen atoms in total. The number of carbonyl (C=O) groups excluding carboxylic acids is 2. The topological polar surface area (TPSA) is 175 Å². The van der Waals surface area contributed by atoms with E-state index >= 15 is 0 Å². The minimum absolute atomic E-state index is 0.0304. The van der Waals surface area contributed by atoms with Crippen LogP contribution < -0.4 is 5.32 Å². The molecule has 1 heterocycles. The highest BCUT2D eigenvalue weighted by atomic mass is 16.7. The van der Waals surface area contributed by atoms with E-state index in [4.69, 9.17) is 14.2 Å². The lowest BCUT2D eigenvalue weighted by atomic mass is 9.99. The van der Waals surface area contributed by atoms with Gasteiger partial charge in [0, 0.05) is 12.8 Å². The molecule has 6 N–H and O–H groups in total. The van der Waals surface area contributed by atoms with Crippen LogP contribution in [0.5, 0.6) is 0 Å². The second-order valence-electron chi connectivity index (χ2n) is 20.3. The van der Waals surface area contributed by atoms with E-state index in [2.05, 4.69) is 31.3 Å². The summed E-state index contributed by atoms with van der Waals surface area (Å²) in [6.45, 7) is 4.26. The summed E-state index contributed by atoms with van der Waals surface area (Å²) < 4.78 is 16.7. The highest BCUT2D eigenvalue weighted by molar-refractivity contribution is 5.76. The van der Waals surface area contributed by atoms with E-state index in [9.17, 15) is 35.1 Å². The number of esters is 1. The summed E-state index contributed by atoms with van der Waals surface area (Å²) in [7, 11) is 0. The molecule has 0 saturated carbocycles. The molecule has 1 saturated heterocycles. The van der Waals surface area contributed by atoms with Crippen molar-refractivity contribution in [2.75, 3.05) is 19.8 Å². The summed E-state index contributed by atoms with van der Waals surface area (Å²) in [5, 5.41) is 54.1. The minimum atomic E-state index is -1.58. The molecule has 69 heavy (non-hydrogen) atoms. The first kappa shape index (κ1) is 65.2. The van der Waals surface area contributed by atoms with Gasteiger partial charge in [0.05, 0.1) is 32.0 Å². The zero-order chi connectivity index (χ0) is 50.3. The van der Waals surface area contributed by atoms with Crippen molar-refractivity contribution in [1.29, 1.82) is 0 Å². The number of hydrogen-bond acceptors (Lipinski definition) is 10. The molecule has 0 radical (unpaired) electrons. The minimum Gasteiger partial charge on any atom is -0.466 e. The Hall–Kier alpha value is -1.86. The lowest BCUT2D eigenvalue weighted by Crippen LogP contribution is -2.60. The number of hydrogen-bond donors (Lipinski definition) is 6. The average Bonchev–Trinajstić information content (AvgIpc) is 3.34. The molecule has 406 valence electrons. The van der Waals surface area contributed by atoms with E-state index in [1.54, 1.807) is 6.08 Å². The Labute approximate surface area is 422 Å². The number of carbonyl (C=O) groups is 2. The zero-order valence-corrected chi connectivity index (χ0v) is 44.5. The molecule has 7 atom stereocenters. The molecule has 0 aromatic rings. The van der Waals surface area contributed by atoms with Gasteiger partial charge < -0.3 is 45.1 Å². The Kier molecular flexibility index (Phi) is 45.7. The zero-order valence-electron chi connectivity index (χ0n) is 44.5. The number of aliphatic hydroxyl groups is 5. The van der Waals surface area contributed by atoms with Crippen LogP contribution in [0.4, 0.5) is 0 Å². The van der Waals surface area contributed by atoms with Gasteiger partial charge in [-0.3, -0.25) is 9.59 Å². The number of nitrogens with one attached hydrogen (secondary N) is 1. The van der Waals surface area contributed by atoms with Gasteiger partial charge in [-0.05, 0) is 57.8 Å². The van der Waals surface area contributed by atoms with E-state index in [0.717, 1.165) is 70.6 Å². The number of unbranched alkanes of at least 4 members (excludes halogenated alkanes) is 34. The van der Waals surface area contributed by atoms with Crippen LogP contribution in [0.15, 0.2) is 24.3 Å². The molecule has 1 aliphatic rings. The second-order valence-corrected chi connectivity index (χ2v) is 20.3. The van der Waals surface area contributed by atoms with Gasteiger partial charge in [-0.15, -0.1) is 0 Å². The van der Waals surface area contributed by atoms with Crippen LogP contribution in [-0.4, -0.2) is 100 Å². The van der Waals surface area contributed by atoms with Gasteiger partial charge >= 0.3 is 5.97 Å². The SMILES string of the molecule is CCCCCCCCC/C=C/C(O)C(COC1OC(CO)C(O)C(O)C1O)NC(=O)CCCCC/C=C\CCCCCCCCOC(=O)CCCCCCCCCCCCCCCCCCCCC. The maximum atomic E-state index is 13.0. The lowest BCUT2D eigenvalue weighted by molar-refractivity contribution is -0.302. The second kappa shape index (κ2) is 48.4. The van der Waals surface area contributed by atoms with Gasteiger partial charge in [-0.2, -0.15) is 0 Å². The van der Waals surface area contributed by atoms with Gasteiger partial charge in [-0.25, -0.2) is 0 Å². The van der Waals surface area contributed by atoms with Crippen molar-refractivity contribution in [2.45, 2.75) is 314 Å². The fraction of sp³-hybridized carbons (Fsp3) is 0.897. The summed E-state index contributed by atoms with van der Waals surface area (Å²) in [6, 6.07) is -0.828. The van der Waals surface area contributed by atoms with Gasteiger partial charge in [0.15, 0.2) is 6.29 Å². The maximum Gasteiger partial charge on any atom is 0.305 e. The quantitative estimate of drug-likeness (QED) is 0.0196. The van der Waals surface area contributed by atoms with Gasteiger partial charge in [0.25, 0.3) is 0 Å². The normalized spacial score (nSPS) is 19.4. The molecular weight excluding hydrogens is 871 g/mol. The van der Waals surface area contributed by atoms with E-state index in [0.29, 0.717) is 25.9 Å². The Morgan fingerprint density at radius 2 is 0.928 bits per heavy atom. The molecule has 1 rings (SSSR count). The smallest absolute Gasteiger partial charge is 0.305 e. The molecule has 1 aliphatic heterocycles.